The fourth-order valence-corrected chi connectivity index (χ4v) is 3.01. The first-order chi connectivity index (χ1) is 11.1. The van der Waals surface area contributed by atoms with Crippen LogP contribution in [0.15, 0.2) is 30.5 Å². The molecule has 5 nitrogen and oxygen atoms in total. The fourth-order valence-electron chi connectivity index (χ4n) is 3.01. The molecule has 1 aliphatic heterocycles. The van der Waals surface area contributed by atoms with Crippen LogP contribution in [0.25, 0.3) is 0 Å². The van der Waals surface area contributed by atoms with Gasteiger partial charge in [-0.2, -0.15) is 0 Å². The molecule has 0 saturated carbocycles. The number of nitrogens with one attached hydrogen (secondary N) is 1. The number of urea groups is 1. The normalized spacial score (nSPS) is 13.4. The van der Waals surface area contributed by atoms with Gasteiger partial charge in [0.05, 0.1) is 19.0 Å². The fraction of sp³-hybridized carbons (Fsp3) is 0.333. The molecule has 3 rings (SSSR count). The van der Waals surface area contributed by atoms with Gasteiger partial charge in [-0.3, -0.25) is 0 Å². The minimum atomic E-state index is -0.0948. The molecule has 23 heavy (non-hydrogen) atoms. The minimum Gasteiger partial charge on any atom is -0.481 e. The van der Waals surface area contributed by atoms with Crippen molar-refractivity contribution in [1.29, 1.82) is 0 Å². The molecule has 1 aromatic carbocycles. The van der Waals surface area contributed by atoms with Gasteiger partial charge in [-0.25, -0.2) is 9.78 Å². The first-order valence-electron chi connectivity index (χ1n) is 7.72. The maximum absolute atomic E-state index is 12.5. The van der Waals surface area contributed by atoms with Gasteiger partial charge in [0, 0.05) is 19.2 Å². The van der Waals surface area contributed by atoms with Crippen molar-refractivity contribution in [3.63, 3.8) is 0 Å². The summed E-state index contributed by atoms with van der Waals surface area (Å²) in [7, 11) is 1.57. The number of amides is 2. The molecule has 0 radical (unpaired) electrons. The Balaban J connectivity index is 1.71. The third kappa shape index (κ3) is 3.28. The summed E-state index contributed by atoms with van der Waals surface area (Å²) in [6, 6.07) is 7.82. The van der Waals surface area contributed by atoms with Gasteiger partial charge in [0.15, 0.2) is 0 Å². The highest BCUT2D eigenvalue weighted by atomic mass is 16.5. The first kappa shape index (κ1) is 15.3. The molecule has 120 valence electrons. The van der Waals surface area contributed by atoms with Gasteiger partial charge in [-0.05, 0) is 43.0 Å². The molecule has 1 N–H and O–H groups in total. The Hall–Kier alpha value is -2.56. The average molecular weight is 311 g/mol. The highest BCUT2D eigenvalue weighted by molar-refractivity contribution is 5.89. The van der Waals surface area contributed by atoms with Crippen LogP contribution < -0.4 is 10.1 Å². The predicted molar refractivity (Wildman–Crippen MR) is 89.8 cm³/mol. The number of fused-ring (bicyclic) bond motifs is 1. The summed E-state index contributed by atoms with van der Waals surface area (Å²) < 4.78 is 5.02. The molecule has 0 fully saturated rings. The molecular formula is C18H21N3O2. The van der Waals surface area contributed by atoms with Gasteiger partial charge in [-0.1, -0.05) is 17.7 Å². The zero-order valence-electron chi connectivity index (χ0n) is 13.7. The van der Waals surface area contributed by atoms with E-state index in [9.17, 15) is 4.79 Å². The number of anilines is 1. The lowest BCUT2D eigenvalue weighted by molar-refractivity contribution is 0.206. The van der Waals surface area contributed by atoms with Crippen LogP contribution in [0.4, 0.5) is 10.5 Å². The molecule has 2 aromatic rings. The number of carbonyl (C=O) groups excluding carboxylic acids is 1. The SMILES string of the molecule is COc1ccc(NC(=O)N2CCc3cc(C)cc(C)c3C2)cn1. The molecule has 5 heteroatoms. The summed E-state index contributed by atoms with van der Waals surface area (Å²) in [5, 5.41) is 2.89. The van der Waals surface area contributed by atoms with E-state index in [0.717, 1.165) is 13.0 Å². The number of methoxy groups -OCH3 is 1. The van der Waals surface area contributed by atoms with Crippen LogP contribution in [0.3, 0.4) is 0 Å². The Kier molecular flexibility index (Phi) is 4.19. The second kappa shape index (κ2) is 6.28. The zero-order chi connectivity index (χ0) is 16.4. The lowest BCUT2D eigenvalue weighted by atomic mass is 9.93. The Morgan fingerprint density at radius 1 is 1.30 bits per heavy atom. The summed E-state index contributed by atoms with van der Waals surface area (Å²) >= 11 is 0. The van der Waals surface area contributed by atoms with Crippen LogP contribution in [-0.2, 0) is 13.0 Å². The van der Waals surface area contributed by atoms with Crippen LogP contribution in [0.1, 0.15) is 22.3 Å². The second-order valence-electron chi connectivity index (χ2n) is 5.91. The summed E-state index contributed by atoms with van der Waals surface area (Å²) in [5.41, 5.74) is 5.83. The summed E-state index contributed by atoms with van der Waals surface area (Å²) in [6.45, 7) is 5.60. The van der Waals surface area contributed by atoms with Gasteiger partial charge < -0.3 is 15.0 Å². The van der Waals surface area contributed by atoms with Crippen molar-refractivity contribution in [2.75, 3.05) is 19.0 Å². The van der Waals surface area contributed by atoms with Crippen molar-refractivity contribution in [2.45, 2.75) is 26.8 Å². The first-order valence-corrected chi connectivity index (χ1v) is 7.72. The molecule has 0 atom stereocenters. The van der Waals surface area contributed by atoms with E-state index in [1.807, 2.05) is 4.90 Å². The number of benzene rings is 1. The predicted octanol–water partition coefficient (Wildman–Crippen LogP) is 3.30. The van der Waals surface area contributed by atoms with Crippen LogP contribution in [0.5, 0.6) is 5.88 Å². The van der Waals surface area contributed by atoms with Crippen molar-refractivity contribution in [3.8, 4) is 5.88 Å². The van der Waals surface area contributed by atoms with Crippen molar-refractivity contribution in [3.05, 3.63) is 52.7 Å². The van der Waals surface area contributed by atoms with E-state index in [4.69, 9.17) is 4.74 Å². The third-order valence-corrected chi connectivity index (χ3v) is 4.19. The van der Waals surface area contributed by atoms with Crippen molar-refractivity contribution < 1.29 is 9.53 Å². The molecule has 2 heterocycles. The van der Waals surface area contributed by atoms with Gasteiger partial charge >= 0.3 is 6.03 Å². The van der Waals surface area contributed by atoms with Gasteiger partial charge in [0.25, 0.3) is 0 Å². The lowest BCUT2D eigenvalue weighted by Crippen LogP contribution is -2.39. The van der Waals surface area contributed by atoms with Crippen molar-refractivity contribution in [2.24, 2.45) is 0 Å². The van der Waals surface area contributed by atoms with E-state index < -0.39 is 0 Å². The second-order valence-corrected chi connectivity index (χ2v) is 5.91. The quantitative estimate of drug-likeness (QED) is 0.926. The number of hydrogen-bond donors (Lipinski definition) is 1. The van der Waals surface area contributed by atoms with E-state index in [0.29, 0.717) is 18.1 Å². The molecule has 0 unspecified atom stereocenters. The average Bonchev–Trinajstić information content (AvgIpc) is 2.55. The largest absolute Gasteiger partial charge is 0.481 e. The molecule has 1 aliphatic rings. The Morgan fingerprint density at radius 2 is 2.13 bits per heavy atom. The van der Waals surface area contributed by atoms with Crippen molar-refractivity contribution in [1.82, 2.24) is 9.88 Å². The molecule has 2 amide bonds. The number of carbonyl (C=O) groups is 1. The molecule has 1 aromatic heterocycles. The van der Waals surface area contributed by atoms with Crippen LogP contribution >= 0.6 is 0 Å². The number of ether oxygens (including phenoxy) is 1. The van der Waals surface area contributed by atoms with E-state index >= 15 is 0 Å². The van der Waals surface area contributed by atoms with Crippen LogP contribution in [0.2, 0.25) is 0 Å². The Labute approximate surface area is 136 Å². The summed E-state index contributed by atoms with van der Waals surface area (Å²) in [4.78, 5) is 18.4. The van der Waals surface area contributed by atoms with E-state index in [1.165, 1.54) is 22.3 Å². The van der Waals surface area contributed by atoms with Crippen molar-refractivity contribution >= 4 is 11.7 Å². The number of aromatic nitrogens is 1. The summed E-state index contributed by atoms with van der Waals surface area (Å²) in [6.07, 6.45) is 2.50. The third-order valence-electron chi connectivity index (χ3n) is 4.19. The van der Waals surface area contributed by atoms with Gasteiger partial charge in [0.2, 0.25) is 5.88 Å². The lowest BCUT2D eigenvalue weighted by Gasteiger charge is -2.30. The maximum atomic E-state index is 12.5. The molecule has 0 saturated heterocycles. The maximum Gasteiger partial charge on any atom is 0.322 e. The van der Waals surface area contributed by atoms with E-state index in [1.54, 1.807) is 25.4 Å². The Bertz CT molecular complexity index is 726. The summed E-state index contributed by atoms with van der Waals surface area (Å²) in [5.74, 6) is 0.529. The monoisotopic (exact) mass is 311 g/mol. The number of pyridine rings is 1. The smallest absolute Gasteiger partial charge is 0.322 e. The van der Waals surface area contributed by atoms with E-state index in [2.05, 4.69) is 36.3 Å². The van der Waals surface area contributed by atoms with Crippen LogP contribution in [-0.4, -0.2) is 29.6 Å². The van der Waals surface area contributed by atoms with E-state index in [-0.39, 0.29) is 6.03 Å². The Morgan fingerprint density at radius 3 is 2.83 bits per heavy atom. The standard InChI is InChI=1S/C18H21N3O2/c1-12-8-13(2)16-11-21(7-6-14(16)9-12)18(22)20-15-4-5-17(23-3)19-10-15/h4-5,8-10H,6-7,11H2,1-3H3,(H,20,22). The highest BCUT2D eigenvalue weighted by Crippen LogP contribution is 2.24. The molecule has 0 spiro atoms. The highest BCUT2D eigenvalue weighted by Gasteiger charge is 2.22. The van der Waals surface area contributed by atoms with Gasteiger partial charge in [0.1, 0.15) is 0 Å². The van der Waals surface area contributed by atoms with Gasteiger partial charge in [-0.15, -0.1) is 0 Å². The number of hydrogen-bond acceptors (Lipinski definition) is 3. The molecule has 0 aliphatic carbocycles. The molecule has 0 bridgehead atoms. The molecular weight excluding hydrogens is 290 g/mol. The number of rotatable bonds is 2. The minimum absolute atomic E-state index is 0.0948. The van der Waals surface area contributed by atoms with Crippen LogP contribution in [0, 0.1) is 13.8 Å². The topological polar surface area (TPSA) is 54.5 Å². The zero-order valence-corrected chi connectivity index (χ0v) is 13.7. The number of nitrogens with zero attached hydrogens (tertiary/aromatic N) is 2. The number of aryl methyl sites for hydroxylation is 2.